The van der Waals surface area contributed by atoms with Crippen LogP contribution in [-0.2, 0) is 13.0 Å². The SMILES string of the molecule is NCc1cc(=O)n(C(=O)CCc2ccncc2)[nH]1. The summed E-state index contributed by atoms with van der Waals surface area (Å²) in [5.41, 5.74) is 6.59. The van der Waals surface area contributed by atoms with E-state index < -0.39 is 0 Å². The van der Waals surface area contributed by atoms with E-state index in [4.69, 9.17) is 5.73 Å². The third kappa shape index (κ3) is 2.72. The first-order valence-electron chi connectivity index (χ1n) is 5.64. The maximum absolute atomic E-state index is 11.8. The Bertz CT molecular complexity index is 586. The number of aromatic amines is 1. The zero-order valence-corrected chi connectivity index (χ0v) is 9.80. The van der Waals surface area contributed by atoms with Crippen LogP contribution in [0.2, 0.25) is 0 Å². The van der Waals surface area contributed by atoms with E-state index in [1.807, 2.05) is 12.1 Å². The van der Waals surface area contributed by atoms with Gasteiger partial charge in [0, 0.05) is 31.4 Å². The van der Waals surface area contributed by atoms with Crippen molar-refractivity contribution in [3.05, 3.63) is 52.2 Å². The van der Waals surface area contributed by atoms with E-state index in [1.54, 1.807) is 12.4 Å². The van der Waals surface area contributed by atoms with Crippen molar-refractivity contribution in [1.82, 2.24) is 14.8 Å². The largest absolute Gasteiger partial charge is 0.325 e. The average Bonchev–Trinajstić information content (AvgIpc) is 2.78. The second-order valence-electron chi connectivity index (χ2n) is 3.91. The molecule has 0 bridgehead atoms. The Balaban J connectivity index is 2.04. The number of hydrogen-bond acceptors (Lipinski definition) is 4. The number of rotatable bonds is 4. The molecular formula is C12H14N4O2. The van der Waals surface area contributed by atoms with Crippen LogP contribution in [0.5, 0.6) is 0 Å². The molecule has 18 heavy (non-hydrogen) atoms. The van der Waals surface area contributed by atoms with E-state index in [9.17, 15) is 9.59 Å². The van der Waals surface area contributed by atoms with Crippen molar-refractivity contribution >= 4 is 5.91 Å². The second-order valence-corrected chi connectivity index (χ2v) is 3.91. The first-order chi connectivity index (χ1) is 8.70. The van der Waals surface area contributed by atoms with E-state index in [2.05, 4.69) is 10.1 Å². The molecule has 2 aromatic heterocycles. The van der Waals surface area contributed by atoms with E-state index in [1.165, 1.54) is 6.07 Å². The van der Waals surface area contributed by atoms with Crippen LogP contribution in [0.3, 0.4) is 0 Å². The van der Waals surface area contributed by atoms with E-state index >= 15 is 0 Å². The van der Waals surface area contributed by atoms with Crippen LogP contribution in [0, 0.1) is 0 Å². The van der Waals surface area contributed by atoms with Crippen LogP contribution in [0.1, 0.15) is 22.5 Å². The molecule has 0 atom stereocenters. The van der Waals surface area contributed by atoms with Crippen LogP contribution >= 0.6 is 0 Å². The van der Waals surface area contributed by atoms with Crippen molar-refractivity contribution in [3.8, 4) is 0 Å². The van der Waals surface area contributed by atoms with Crippen LogP contribution in [0.25, 0.3) is 0 Å². The van der Waals surface area contributed by atoms with Crippen molar-refractivity contribution in [2.24, 2.45) is 5.73 Å². The maximum Gasteiger partial charge on any atom is 0.273 e. The number of carbonyl (C=O) groups is 1. The van der Waals surface area contributed by atoms with Gasteiger partial charge in [0.05, 0.1) is 5.69 Å². The highest BCUT2D eigenvalue weighted by molar-refractivity contribution is 5.78. The minimum absolute atomic E-state index is 0.208. The van der Waals surface area contributed by atoms with Crippen LogP contribution < -0.4 is 11.3 Å². The summed E-state index contributed by atoms with van der Waals surface area (Å²) in [6.07, 6.45) is 4.18. The highest BCUT2D eigenvalue weighted by atomic mass is 16.2. The summed E-state index contributed by atoms with van der Waals surface area (Å²) < 4.78 is 1.00. The smallest absolute Gasteiger partial charge is 0.273 e. The molecule has 2 aromatic rings. The van der Waals surface area contributed by atoms with Gasteiger partial charge in [-0.15, -0.1) is 0 Å². The Morgan fingerprint density at radius 2 is 2.11 bits per heavy atom. The Labute approximate surface area is 103 Å². The Morgan fingerprint density at radius 1 is 1.39 bits per heavy atom. The first-order valence-corrected chi connectivity index (χ1v) is 5.64. The maximum atomic E-state index is 11.8. The normalized spacial score (nSPS) is 10.5. The molecule has 0 aliphatic heterocycles. The van der Waals surface area contributed by atoms with Crippen LogP contribution in [-0.4, -0.2) is 20.7 Å². The lowest BCUT2D eigenvalue weighted by Crippen LogP contribution is -2.24. The summed E-state index contributed by atoms with van der Waals surface area (Å²) in [6.45, 7) is 0.208. The second kappa shape index (κ2) is 5.42. The molecule has 0 saturated carbocycles. The predicted octanol–water partition coefficient (Wildman–Crippen LogP) is 0.303. The van der Waals surface area contributed by atoms with Crippen molar-refractivity contribution in [2.75, 3.05) is 0 Å². The lowest BCUT2D eigenvalue weighted by Gasteiger charge is -2.01. The lowest BCUT2D eigenvalue weighted by atomic mass is 10.1. The molecule has 6 heteroatoms. The number of nitrogens with one attached hydrogen (secondary N) is 1. The predicted molar refractivity (Wildman–Crippen MR) is 66.1 cm³/mol. The molecule has 0 fully saturated rings. The van der Waals surface area contributed by atoms with Gasteiger partial charge < -0.3 is 5.73 Å². The summed E-state index contributed by atoms with van der Waals surface area (Å²) >= 11 is 0. The number of hydrogen-bond donors (Lipinski definition) is 2. The topological polar surface area (TPSA) is 93.8 Å². The van der Waals surface area contributed by atoms with E-state index in [0.29, 0.717) is 12.1 Å². The highest BCUT2D eigenvalue weighted by Gasteiger charge is 2.10. The third-order valence-corrected chi connectivity index (χ3v) is 2.62. The fraction of sp³-hybridized carbons (Fsp3) is 0.250. The van der Waals surface area contributed by atoms with Gasteiger partial charge >= 0.3 is 0 Å². The summed E-state index contributed by atoms with van der Waals surface area (Å²) in [5.74, 6) is -0.267. The zero-order valence-electron chi connectivity index (χ0n) is 9.80. The summed E-state index contributed by atoms with van der Waals surface area (Å²) in [5, 5.41) is 2.68. The molecule has 94 valence electrons. The Hall–Kier alpha value is -2.21. The molecule has 0 aliphatic rings. The molecule has 2 rings (SSSR count). The molecule has 0 amide bonds. The number of carbonyl (C=O) groups excluding carboxylic acids is 1. The fourth-order valence-electron chi connectivity index (χ4n) is 1.65. The summed E-state index contributed by atoms with van der Waals surface area (Å²) in [6, 6.07) is 5.02. The van der Waals surface area contributed by atoms with Crippen LogP contribution in [0.15, 0.2) is 35.4 Å². The first kappa shape index (κ1) is 12.3. The zero-order chi connectivity index (χ0) is 13.0. The van der Waals surface area contributed by atoms with Gasteiger partial charge in [-0.05, 0) is 24.1 Å². The summed E-state index contributed by atoms with van der Waals surface area (Å²) in [7, 11) is 0. The molecule has 2 heterocycles. The van der Waals surface area contributed by atoms with Crippen molar-refractivity contribution in [2.45, 2.75) is 19.4 Å². The van der Waals surface area contributed by atoms with Gasteiger partial charge in [-0.25, -0.2) is 0 Å². The summed E-state index contributed by atoms with van der Waals surface area (Å²) in [4.78, 5) is 27.2. The quantitative estimate of drug-likeness (QED) is 0.811. The monoisotopic (exact) mass is 246 g/mol. The van der Waals surface area contributed by atoms with Crippen LogP contribution in [0.4, 0.5) is 0 Å². The molecular weight excluding hydrogens is 232 g/mol. The number of aromatic nitrogens is 3. The Kier molecular flexibility index (Phi) is 3.69. The van der Waals surface area contributed by atoms with Crippen molar-refractivity contribution < 1.29 is 4.79 Å². The van der Waals surface area contributed by atoms with Gasteiger partial charge in [0.25, 0.3) is 5.56 Å². The molecule has 6 nitrogen and oxygen atoms in total. The van der Waals surface area contributed by atoms with Gasteiger partial charge in [-0.2, -0.15) is 4.68 Å². The fourth-order valence-corrected chi connectivity index (χ4v) is 1.65. The minimum atomic E-state index is -0.366. The lowest BCUT2D eigenvalue weighted by molar-refractivity contribution is 0.0882. The minimum Gasteiger partial charge on any atom is -0.325 e. The van der Waals surface area contributed by atoms with Crippen molar-refractivity contribution in [3.63, 3.8) is 0 Å². The number of pyridine rings is 1. The molecule has 0 saturated heterocycles. The third-order valence-electron chi connectivity index (χ3n) is 2.62. The van der Waals surface area contributed by atoms with Gasteiger partial charge in [-0.3, -0.25) is 19.7 Å². The molecule has 0 aromatic carbocycles. The average molecular weight is 246 g/mol. The molecule has 0 spiro atoms. The standard InChI is InChI=1S/C12H14N4O2/c13-8-10-7-12(18)16(15-10)11(17)2-1-9-3-5-14-6-4-9/h3-7,15H,1-2,8,13H2. The molecule has 0 unspecified atom stereocenters. The number of H-pyrrole nitrogens is 1. The highest BCUT2D eigenvalue weighted by Crippen LogP contribution is 2.02. The molecule has 0 radical (unpaired) electrons. The van der Waals surface area contributed by atoms with Crippen molar-refractivity contribution in [1.29, 1.82) is 0 Å². The molecule has 0 aliphatic carbocycles. The number of nitrogens with zero attached hydrogens (tertiary/aromatic N) is 2. The van der Waals surface area contributed by atoms with Gasteiger partial charge in [0.2, 0.25) is 5.91 Å². The van der Waals surface area contributed by atoms with Gasteiger partial charge in [0.1, 0.15) is 0 Å². The van der Waals surface area contributed by atoms with Gasteiger partial charge in [0.15, 0.2) is 0 Å². The number of aryl methyl sites for hydroxylation is 1. The molecule has 3 N–H and O–H groups in total. The Morgan fingerprint density at radius 3 is 2.72 bits per heavy atom. The number of nitrogens with two attached hydrogens (primary N) is 1. The van der Waals surface area contributed by atoms with E-state index in [0.717, 1.165) is 10.2 Å². The van der Waals surface area contributed by atoms with Gasteiger partial charge in [-0.1, -0.05) is 0 Å². The van der Waals surface area contributed by atoms with E-state index in [-0.39, 0.29) is 24.4 Å².